The van der Waals surface area contributed by atoms with Crippen LogP contribution in [-0.4, -0.2) is 40.4 Å². The average molecular weight is 565 g/mol. The van der Waals surface area contributed by atoms with Gasteiger partial charge in [-0.05, 0) is 38.8 Å². The number of aliphatic imine (C=N–C) groups is 1. The smallest absolute Gasteiger partial charge is 0.191 e. The van der Waals surface area contributed by atoms with Gasteiger partial charge >= 0.3 is 0 Å². The summed E-state index contributed by atoms with van der Waals surface area (Å²) < 4.78 is 1.63. The molecular formula is C22H29IN8S. The van der Waals surface area contributed by atoms with Crippen molar-refractivity contribution in [1.82, 2.24) is 25.4 Å². The van der Waals surface area contributed by atoms with Gasteiger partial charge in [0.05, 0.1) is 22.1 Å². The fourth-order valence-corrected chi connectivity index (χ4v) is 3.80. The van der Waals surface area contributed by atoms with E-state index in [2.05, 4.69) is 37.2 Å². The number of para-hydroxylation sites is 1. The predicted molar refractivity (Wildman–Crippen MR) is 141 cm³/mol. The Morgan fingerprint density at radius 3 is 2.69 bits per heavy atom. The summed E-state index contributed by atoms with van der Waals surface area (Å²) in [6.07, 6.45) is 2.26. The van der Waals surface area contributed by atoms with Crippen LogP contribution in [0.15, 0.2) is 40.7 Å². The van der Waals surface area contributed by atoms with E-state index < -0.39 is 0 Å². The third kappa shape index (κ3) is 6.93. The number of hydrogen-bond donors (Lipinski definition) is 3. The van der Waals surface area contributed by atoms with E-state index in [1.165, 1.54) is 0 Å². The molecule has 0 saturated heterocycles. The lowest BCUT2D eigenvalue weighted by Crippen LogP contribution is -2.38. The van der Waals surface area contributed by atoms with Gasteiger partial charge in [0.2, 0.25) is 0 Å². The van der Waals surface area contributed by atoms with Crippen LogP contribution in [0.3, 0.4) is 0 Å². The Morgan fingerprint density at radius 2 is 2.03 bits per heavy atom. The molecule has 0 fully saturated rings. The third-order valence-corrected chi connectivity index (χ3v) is 5.45. The summed E-state index contributed by atoms with van der Waals surface area (Å²) >= 11 is 1.67. The first-order valence-electron chi connectivity index (χ1n) is 10.4. The van der Waals surface area contributed by atoms with Crippen molar-refractivity contribution in [3.63, 3.8) is 0 Å². The van der Waals surface area contributed by atoms with E-state index >= 15 is 0 Å². The Balaban J connectivity index is 0.00000363. The summed E-state index contributed by atoms with van der Waals surface area (Å²) in [4.78, 5) is 9.12. The van der Waals surface area contributed by atoms with Crippen LogP contribution in [0, 0.1) is 18.3 Å². The number of thiazole rings is 1. The Hall–Kier alpha value is -2.65. The van der Waals surface area contributed by atoms with Crippen LogP contribution in [0.25, 0.3) is 5.69 Å². The summed E-state index contributed by atoms with van der Waals surface area (Å²) in [7, 11) is 0. The maximum atomic E-state index is 9.53. The number of rotatable bonds is 9. The minimum atomic E-state index is 0. The number of benzene rings is 1. The van der Waals surface area contributed by atoms with Crippen LogP contribution in [-0.2, 0) is 12.8 Å². The van der Waals surface area contributed by atoms with Crippen molar-refractivity contribution in [2.45, 2.75) is 33.1 Å². The van der Waals surface area contributed by atoms with Gasteiger partial charge < -0.3 is 16.4 Å². The Kier molecular flexibility index (Phi) is 10.4. The first-order chi connectivity index (χ1) is 15.1. The van der Waals surface area contributed by atoms with Gasteiger partial charge in [0.25, 0.3) is 0 Å². The van der Waals surface area contributed by atoms with Crippen molar-refractivity contribution in [3.8, 4) is 11.8 Å². The Morgan fingerprint density at radius 1 is 1.25 bits per heavy atom. The van der Waals surface area contributed by atoms with E-state index in [9.17, 15) is 5.26 Å². The molecule has 1 aromatic carbocycles. The van der Waals surface area contributed by atoms with Crippen LogP contribution in [0.5, 0.6) is 0 Å². The summed E-state index contributed by atoms with van der Waals surface area (Å²) in [5, 5.41) is 23.9. The largest absolute Gasteiger partial charge is 0.382 e. The van der Waals surface area contributed by atoms with Gasteiger partial charge in [-0.25, -0.2) is 9.67 Å². The monoisotopic (exact) mass is 564 g/mol. The standard InChI is InChI=1S/C22H28N8S.HI/c1-3-25-22(27-13-11-17-15-31-16(2)28-17)26-12-7-10-20-19(14-23)21(24)30(29-20)18-8-5-4-6-9-18;/h4-6,8-9,15H,3,7,10-13,24H2,1-2H3,(H2,25,26,27);1H. The molecule has 2 heterocycles. The van der Waals surface area contributed by atoms with Crippen molar-refractivity contribution >= 4 is 47.1 Å². The van der Waals surface area contributed by atoms with E-state index in [1.54, 1.807) is 16.0 Å². The molecule has 170 valence electrons. The molecule has 2 aromatic heterocycles. The van der Waals surface area contributed by atoms with Crippen LogP contribution in [0.2, 0.25) is 0 Å². The van der Waals surface area contributed by atoms with Crippen molar-refractivity contribution in [2.24, 2.45) is 4.99 Å². The van der Waals surface area contributed by atoms with Gasteiger partial charge in [0.15, 0.2) is 5.96 Å². The fourth-order valence-electron chi connectivity index (χ4n) is 3.15. The van der Waals surface area contributed by atoms with Crippen molar-refractivity contribution < 1.29 is 0 Å². The lowest BCUT2D eigenvalue weighted by Gasteiger charge is -2.10. The second-order valence-corrected chi connectivity index (χ2v) is 8.03. The summed E-state index contributed by atoms with van der Waals surface area (Å²) in [6.45, 7) is 6.23. The number of anilines is 1. The number of nitriles is 1. The molecule has 4 N–H and O–H groups in total. The normalized spacial score (nSPS) is 11.0. The van der Waals surface area contributed by atoms with E-state index in [0.717, 1.165) is 48.3 Å². The molecule has 0 saturated carbocycles. The molecule has 0 amide bonds. The fraction of sp³-hybridized carbons (Fsp3) is 0.364. The zero-order valence-electron chi connectivity index (χ0n) is 18.3. The summed E-state index contributed by atoms with van der Waals surface area (Å²) in [5.74, 6) is 1.16. The van der Waals surface area contributed by atoms with Crippen LogP contribution in [0.4, 0.5) is 5.82 Å². The molecule has 0 aliphatic rings. The van der Waals surface area contributed by atoms with Crippen molar-refractivity contribution in [1.29, 1.82) is 5.26 Å². The molecule has 10 heteroatoms. The minimum Gasteiger partial charge on any atom is -0.382 e. The first-order valence-corrected chi connectivity index (χ1v) is 11.3. The number of nitrogens with two attached hydrogens (primary N) is 1. The number of guanidine groups is 1. The number of nitrogen functional groups attached to an aromatic ring is 1. The second kappa shape index (κ2) is 13.0. The highest BCUT2D eigenvalue weighted by molar-refractivity contribution is 14.0. The first kappa shape index (κ1) is 25.6. The van der Waals surface area contributed by atoms with Crippen molar-refractivity contribution in [3.05, 3.63) is 57.7 Å². The van der Waals surface area contributed by atoms with Crippen molar-refractivity contribution in [2.75, 3.05) is 25.4 Å². The Bertz CT molecular complexity index is 1050. The number of halogens is 1. The molecule has 8 nitrogen and oxygen atoms in total. The molecular weight excluding hydrogens is 535 g/mol. The minimum absolute atomic E-state index is 0. The Labute approximate surface area is 210 Å². The van der Waals surface area contributed by atoms with Gasteiger partial charge in [-0.2, -0.15) is 10.4 Å². The summed E-state index contributed by atoms with van der Waals surface area (Å²) in [5.41, 5.74) is 9.26. The number of nitrogens with one attached hydrogen (secondary N) is 2. The lowest BCUT2D eigenvalue weighted by molar-refractivity contribution is 0.754. The number of hydrogen-bond acceptors (Lipinski definition) is 6. The number of aromatic nitrogens is 3. The summed E-state index contributed by atoms with van der Waals surface area (Å²) in [6, 6.07) is 11.8. The van der Waals surface area contributed by atoms with E-state index in [1.807, 2.05) is 44.2 Å². The number of aryl methyl sites for hydroxylation is 2. The highest BCUT2D eigenvalue weighted by atomic mass is 127. The zero-order valence-corrected chi connectivity index (χ0v) is 21.5. The quantitative estimate of drug-likeness (QED) is 0.159. The van der Waals surface area contributed by atoms with Crippen LogP contribution < -0.4 is 16.4 Å². The molecule has 0 aliphatic carbocycles. The molecule has 32 heavy (non-hydrogen) atoms. The van der Waals surface area contributed by atoms with Gasteiger partial charge in [-0.15, -0.1) is 35.3 Å². The third-order valence-electron chi connectivity index (χ3n) is 4.63. The molecule has 3 aromatic rings. The van der Waals surface area contributed by atoms with E-state index in [0.29, 0.717) is 30.0 Å². The number of nitrogens with zero attached hydrogens (tertiary/aromatic N) is 5. The molecule has 0 atom stereocenters. The van der Waals surface area contributed by atoms with E-state index in [4.69, 9.17) is 5.73 Å². The highest BCUT2D eigenvalue weighted by Crippen LogP contribution is 2.21. The molecule has 0 bridgehead atoms. The topological polar surface area (TPSA) is 117 Å². The molecule has 3 rings (SSSR count). The SMILES string of the molecule is CCNC(=NCCCc1nn(-c2ccccc2)c(N)c1C#N)NCCc1csc(C)n1.I. The molecule has 0 radical (unpaired) electrons. The maximum absolute atomic E-state index is 9.53. The van der Waals surface area contributed by atoms with Gasteiger partial charge in [0, 0.05) is 31.4 Å². The van der Waals surface area contributed by atoms with Gasteiger partial charge in [-0.1, -0.05) is 18.2 Å². The molecule has 0 unspecified atom stereocenters. The van der Waals surface area contributed by atoms with Crippen LogP contribution >= 0.6 is 35.3 Å². The van der Waals surface area contributed by atoms with E-state index in [-0.39, 0.29) is 24.0 Å². The molecule has 0 aliphatic heterocycles. The second-order valence-electron chi connectivity index (χ2n) is 6.96. The molecule has 0 spiro atoms. The predicted octanol–water partition coefficient (Wildman–Crippen LogP) is 3.44. The van der Waals surface area contributed by atoms with Gasteiger partial charge in [-0.3, -0.25) is 4.99 Å². The van der Waals surface area contributed by atoms with Crippen LogP contribution in [0.1, 0.15) is 35.3 Å². The zero-order chi connectivity index (χ0) is 22.1. The average Bonchev–Trinajstić information content (AvgIpc) is 3.34. The van der Waals surface area contributed by atoms with Gasteiger partial charge in [0.1, 0.15) is 17.5 Å². The highest BCUT2D eigenvalue weighted by Gasteiger charge is 2.16. The lowest BCUT2D eigenvalue weighted by atomic mass is 10.1. The maximum Gasteiger partial charge on any atom is 0.191 e.